The topological polar surface area (TPSA) is 147 Å². The van der Waals surface area contributed by atoms with Gasteiger partial charge in [-0.25, -0.2) is 9.65 Å². The molecule has 4 aromatic rings. The van der Waals surface area contributed by atoms with Gasteiger partial charge in [0.05, 0.1) is 19.5 Å². The lowest BCUT2D eigenvalue weighted by molar-refractivity contribution is -0.147. The van der Waals surface area contributed by atoms with Crippen LogP contribution in [0.4, 0.5) is 11.8 Å². The number of likely N-dealkylation sites (N-methyl/N-ethyl adjacent to an activating group) is 1. The summed E-state index contributed by atoms with van der Waals surface area (Å²) in [7, 11) is -2.15. The fourth-order valence-corrected chi connectivity index (χ4v) is 6.25. The van der Waals surface area contributed by atoms with Crippen molar-refractivity contribution in [1.82, 2.24) is 24.2 Å². The van der Waals surface area contributed by atoms with Gasteiger partial charge in [0.1, 0.15) is 18.1 Å². The molecule has 13 heteroatoms. The number of para-hydroxylation sites is 1. The number of nitrogens with one attached hydrogen (secondary N) is 1. The Bertz CT molecular complexity index is 1530. The van der Waals surface area contributed by atoms with Crippen LogP contribution < -0.4 is 15.6 Å². The number of anilines is 2. The average Bonchev–Trinajstić information content (AvgIpc) is 3.72. The number of fused-ring (bicyclic) bond motifs is 1. The van der Waals surface area contributed by atoms with Gasteiger partial charge in [-0.3, -0.25) is 9.36 Å². The number of hydrogen-bond acceptors (Lipinski definition) is 10. The summed E-state index contributed by atoms with van der Waals surface area (Å²) < 4.78 is 35.2. The third-order valence-electron chi connectivity index (χ3n) is 6.88. The summed E-state index contributed by atoms with van der Waals surface area (Å²) in [5.74, 6) is 0.685. The van der Waals surface area contributed by atoms with Crippen molar-refractivity contribution in [3.8, 4) is 5.75 Å². The summed E-state index contributed by atoms with van der Waals surface area (Å²) in [5, 5.41) is 3.35. The van der Waals surface area contributed by atoms with Crippen molar-refractivity contribution >= 4 is 36.4 Å². The zero-order chi connectivity index (χ0) is 29.5. The first kappa shape index (κ1) is 29.5. The van der Waals surface area contributed by atoms with Crippen LogP contribution in [0.1, 0.15) is 25.3 Å². The van der Waals surface area contributed by atoms with Crippen molar-refractivity contribution in [2.24, 2.45) is 0 Å². The number of benzene rings is 2. The summed E-state index contributed by atoms with van der Waals surface area (Å²) >= 11 is 0. The van der Waals surface area contributed by atoms with Gasteiger partial charge in [0, 0.05) is 12.6 Å². The van der Waals surface area contributed by atoms with Crippen molar-refractivity contribution in [3.63, 3.8) is 0 Å². The number of rotatable bonds is 15. The predicted octanol–water partition coefficient (Wildman–Crippen LogP) is 4.34. The maximum Gasteiger partial charge on any atom is 0.345 e. The molecule has 1 unspecified atom stereocenters. The SMILES string of the molecule is CCOC(=O)[C@H](Cc1ccccc1)N(C)P(=O)(COCCn1cnc2c(NC3CC3)nc(N)nc21)Oc1ccccc1. The van der Waals surface area contributed by atoms with Crippen LogP contribution in [0.5, 0.6) is 5.75 Å². The van der Waals surface area contributed by atoms with E-state index in [0.29, 0.717) is 35.3 Å². The summed E-state index contributed by atoms with van der Waals surface area (Å²) in [5.41, 5.74) is 8.08. The van der Waals surface area contributed by atoms with Crippen LogP contribution in [0, 0.1) is 0 Å². The summed E-state index contributed by atoms with van der Waals surface area (Å²) in [6, 6.07) is 17.9. The Labute approximate surface area is 244 Å². The molecule has 2 aromatic heterocycles. The summed E-state index contributed by atoms with van der Waals surface area (Å²) in [4.78, 5) is 26.3. The number of ether oxygens (including phenoxy) is 2. The molecule has 0 bridgehead atoms. The molecule has 2 atom stereocenters. The molecular weight excluding hydrogens is 557 g/mol. The van der Waals surface area contributed by atoms with Crippen molar-refractivity contribution < 1.29 is 23.4 Å². The number of carbonyl (C=O) groups is 1. The second-order valence-electron chi connectivity index (χ2n) is 10.1. The molecule has 42 heavy (non-hydrogen) atoms. The Balaban J connectivity index is 1.32. The molecule has 1 aliphatic rings. The van der Waals surface area contributed by atoms with Crippen LogP contribution in [0.3, 0.4) is 0 Å². The van der Waals surface area contributed by atoms with E-state index in [1.807, 2.05) is 41.0 Å². The highest BCUT2D eigenvalue weighted by Crippen LogP contribution is 2.51. The van der Waals surface area contributed by atoms with Crippen LogP contribution in [0.2, 0.25) is 0 Å². The van der Waals surface area contributed by atoms with E-state index in [-0.39, 0.29) is 31.9 Å². The van der Waals surface area contributed by atoms with Crippen LogP contribution in [-0.2, 0) is 31.8 Å². The smallest absolute Gasteiger partial charge is 0.345 e. The van der Waals surface area contributed by atoms with Crippen molar-refractivity contribution in [2.45, 2.75) is 44.8 Å². The van der Waals surface area contributed by atoms with E-state index >= 15 is 0 Å². The van der Waals surface area contributed by atoms with E-state index in [4.69, 9.17) is 19.7 Å². The number of carbonyl (C=O) groups excluding carboxylic acids is 1. The normalized spacial score (nSPS) is 15.3. The van der Waals surface area contributed by atoms with Gasteiger partial charge in [-0.05, 0) is 50.9 Å². The minimum atomic E-state index is -3.75. The lowest BCUT2D eigenvalue weighted by Gasteiger charge is -2.33. The molecule has 1 saturated carbocycles. The van der Waals surface area contributed by atoms with Gasteiger partial charge in [-0.15, -0.1) is 0 Å². The lowest BCUT2D eigenvalue weighted by atomic mass is 10.1. The monoisotopic (exact) mass is 593 g/mol. The fourth-order valence-electron chi connectivity index (χ4n) is 4.47. The molecule has 3 N–H and O–H groups in total. The van der Waals surface area contributed by atoms with Crippen LogP contribution in [0.25, 0.3) is 11.2 Å². The Hall–Kier alpha value is -3.99. The zero-order valence-corrected chi connectivity index (χ0v) is 24.7. The maximum absolute atomic E-state index is 14.5. The number of esters is 1. The third-order valence-corrected chi connectivity index (χ3v) is 9.13. The number of imidazole rings is 1. The number of hydrogen-bond donors (Lipinski definition) is 2. The first-order valence-corrected chi connectivity index (χ1v) is 15.7. The van der Waals surface area contributed by atoms with Crippen LogP contribution in [0.15, 0.2) is 67.0 Å². The molecule has 0 amide bonds. The first-order chi connectivity index (χ1) is 20.4. The Morgan fingerprint density at radius 1 is 1.14 bits per heavy atom. The number of nitrogen functional groups attached to an aromatic ring is 1. The standard InChI is InChI=1S/C29H36N7O5P/c1-3-40-28(37)24(18-21-10-6-4-7-11-21)35(2)42(38,41-23-12-8-5-9-13-23)20-39-17-16-36-19-31-25-26(32-22-14-15-22)33-29(30)34-27(25)36/h4-13,19,22,24H,3,14-18,20H2,1-2H3,(H3,30,32,33,34)/t24-,42?/m0/s1. The Morgan fingerprint density at radius 3 is 2.55 bits per heavy atom. The van der Waals surface area contributed by atoms with E-state index in [9.17, 15) is 9.36 Å². The minimum absolute atomic E-state index is 0.152. The second kappa shape index (κ2) is 13.3. The number of nitrogens with zero attached hydrogens (tertiary/aromatic N) is 5. The van der Waals surface area contributed by atoms with E-state index in [1.165, 1.54) is 4.67 Å². The molecule has 0 saturated heterocycles. The molecule has 2 heterocycles. The van der Waals surface area contributed by atoms with Crippen molar-refractivity contribution in [3.05, 3.63) is 72.6 Å². The lowest BCUT2D eigenvalue weighted by Crippen LogP contribution is -2.41. The van der Waals surface area contributed by atoms with Crippen LogP contribution >= 0.6 is 7.52 Å². The van der Waals surface area contributed by atoms with Gasteiger partial charge in [0.25, 0.3) is 0 Å². The number of nitrogens with two attached hydrogens (primary N) is 1. The van der Waals surface area contributed by atoms with Gasteiger partial charge >= 0.3 is 13.5 Å². The van der Waals surface area contributed by atoms with E-state index in [1.54, 1.807) is 44.6 Å². The average molecular weight is 594 g/mol. The van der Waals surface area contributed by atoms with E-state index in [2.05, 4.69) is 20.3 Å². The molecule has 1 fully saturated rings. The second-order valence-corrected chi connectivity index (χ2v) is 12.4. The van der Waals surface area contributed by atoms with E-state index in [0.717, 1.165) is 18.4 Å². The summed E-state index contributed by atoms with van der Waals surface area (Å²) in [6.07, 6.45) is 3.85. The molecule has 0 radical (unpaired) electrons. The van der Waals surface area contributed by atoms with Gasteiger partial charge in [-0.1, -0.05) is 48.5 Å². The highest BCUT2D eigenvalue weighted by Gasteiger charge is 2.40. The molecule has 5 rings (SSSR count). The van der Waals surface area contributed by atoms with Gasteiger partial charge < -0.3 is 29.6 Å². The highest BCUT2D eigenvalue weighted by atomic mass is 31.2. The first-order valence-electron chi connectivity index (χ1n) is 14.0. The van der Waals surface area contributed by atoms with Gasteiger partial charge in [-0.2, -0.15) is 9.97 Å². The van der Waals surface area contributed by atoms with E-state index < -0.39 is 19.5 Å². The van der Waals surface area contributed by atoms with Crippen molar-refractivity contribution in [2.75, 3.05) is 37.7 Å². The van der Waals surface area contributed by atoms with Crippen molar-refractivity contribution in [1.29, 1.82) is 0 Å². The Morgan fingerprint density at radius 2 is 1.86 bits per heavy atom. The van der Waals surface area contributed by atoms with Crippen LogP contribution in [-0.4, -0.2) is 68.9 Å². The third kappa shape index (κ3) is 7.25. The zero-order valence-electron chi connectivity index (χ0n) is 23.8. The highest BCUT2D eigenvalue weighted by molar-refractivity contribution is 7.56. The van der Waals surface area contributed by atoms with Gasteiger partial charge in [0.15, 0.2) is 17.0 Å². The van der Waals surface area contributed by atoms with Gasteiger partial charge in [0.2, 0.25) is 5.95 Å². The molecule has 0 aliphatic heterocycles. The molecule has 222 valence electrons. The molecule has 12 nitrogen and oxygen atoms in total. The fraction of sp³-hybridized carbons (Fsp3) is 0.379. The molecule has 2 aromatic carbocycles. The predicted molar refractivity (Wildman–Crippen MR) is 160 cm³/mol. The molecule has 0 spiro atoms. The molecular formula is C29H36N7O5P. The Kier molecular flexibility index (Phi) is 9.36. The largest absolute Gasteiger partial charge is 0.465 e. The minimum Gasteiger partial charge on any atom is -0.465 e. The quantitative estimate of drug-likeness (QED) is 0.115. The summed E-state index contributed by atoms with van der Waals surface area (Å²) in [6.45, 7) is 2.49. The molecule has 1 aliphatic carbocycles. The number of aromatic nitrogens is 4. The maximum atomic E-state index is 14.5.